The highest BCUT2D eigenvalue weighted by atomic mass is 19.1. The third kappa shape index (κ3) is 3.57. The van der Waals surface area contributed by atoms with Gasteiger partial charge in [0.1, 0.15) is 6.67 Å². The molecule has 8 heavy (non-hydrogen) atoms. The van der Waals surface area contributed by atoms with E-state index >= 15 is 0 Å². The van der Waals surface area contributed by atoms with Gasteiger partial charge in [0, 0.05) is 6.54 Å². The highest BCUT2D eigenvalue weighted by molar-refractivity contribution is 4.84. The van der Waals surface area contributed by atoms with Gasteiger partial charge < -0.3 is 0 Å². The van der Waals surface area contributed by atoms with Gasteiger partial charge in [-0.2, -0.15) is 5.26 Å². The summed E-state index contributed by atoms with van der Waals surface area (Å²) in [6.07, 6.45) is 0. The van der Waals surface area contributed by atoms with Crippen LogP contribution in [0.5, 0.6) is 0 Å². The van der Waals surface area contributed by atoms with Gasteiger partial charge in [0.25, 0.3) is 0 Å². The number of hydrogen-bond donors (Lipinski definition) is 1. The van der Waals surface area contributed by atoms with Crippen LogP contribution < -0.4 is 5.32 Å². The van der Waals surface area contributed by atoms with Crippen molar-refractivity contribution in [3.63, 3.8) is 0 Å². The molecule has 0 bridgehead atoms. The standard InChI is InChI=1S/C5H9FN2/c1-5(4-7)8-3-2-6/h5,8H,2-3H2,1H3. The summed E-state index contributed by atoms with van der Waals surface area (Å²) in [5, 5.41) is 10.8. The molecule has 0 aliphatic heterocycles. The zero-order valence-corrected chi connectivity index (χ0v) is 4.82. The maximum Gasteiger partial charge on any atom is 0.102 e. The molecule has 3 heteroatoms. The van der Waals surface area contributed by atoms with E-state index in [0.29, 0.717) is 0 Å². The van der Waals surface area contributed by atoms with Gasteiger partial charge in [0.05, 0.1) is 12.1 Å². The lowest BCUT2D eigenvalue weighted by atomic mass is 10.4. The molecule has 0 aromatic carbocycles. The molecule has 0 rings (SSSR count). The van der Waals surface area contributed by atoms with Crippen molar-refractivity contribution in [2.75, 3.05) is 13.2 Å². The predicted octanol–water partition coefficient (Wildman–Crippen LogP) is 0.458. The molecule has 0 aliphatic rings. The number of halogens is 1. The number of nitrogens with zero attached hydrogens (tertiary/aromatic N) is 1. The van der Waals surface area contributed by atoms with Crippen LogP contribution in [0.1, 0.15) is 6.92 Å². The zero-order valence-electron chi connectivity index (χ0n) is 4.82. The number of hydrogen-bond acceptors (Lipinski definition) is 2. The van der Waals surface area contributed by atoms with E-state index < -0.39 is 6.67 Å². The highest BCUT2D eigenvalue weighted by Gasteiger charge is 1.93. The maximum atomic E-state index is 11.3. The van der Waals surface area contributed by atoms with Gasteiger partial charge in [-0.25, -0.2) is 4.39 Å². The van der Waals surface area contributed by atoms with Crippen LogP contribution in [0.3, 0.4) is 0 Å². The molecule has 0 radical (unpaired) electrons. The Morgan fingerprint density at radius 2 is 2.50 bits per heavy atom. The van der Waals surface area contributed by atoms with Gasteiger partial charge in [-0.15, -0.1) is 0 Å². The number of rotatable bonds is 3. The molecule has 0 aromatic rings. The lowest BCUT2D eigenvalue weighted by Crippen LogP contribution is -2.26. The van der Waals surface area contributed by atoms with Crippen molar-refractivity contribution in [1.82, 2.24) is 5.32 Å². The van der Waals surface area contributed by atoms with E-state index in [4.69, 9.17) is 5.26 Å². The second-order valence-electron chi connectivity index (χ2n) is 1.49. The highest BCUT2D eigenvalue weighted by Crippen LogP contribution is 1.74. The number of nitriles is 1. The average molecular weight is 116 g/mol. The first-order valence-corrected chi connectivity index (χ1v) is 2.50. The van der Waals surface area contributed by atoms with Crippen LogP contribution in [0, 0.1) is 11.3 Å². The lowest BCUT2D eigenvalue weighted by molar-refractivity contribution is 0.459. The summed E-state index contributed by atoms with van der Waals surface area (Å²) in [5.74, 6) is 0. The quantitative estimate of drug-likeness (QED) is 0.581. The fourth-order valence-electron chi connectivity index (χ4n) is 0.317. The van der Waals surface area contributed by atoms with Gasteiger partial charge in [-0.3, -0.25) is 5.32 Å². The summed E-state index contributed by atoms with van der Waals surface area (Å²) in [6, 6.07) is 1.69. The minimum absolute atomic E-state index is 0.231. The van der Waals surface area contributed by atoms with E-state index in [0.717, 1.165) is 0 Å². The normalized spacial score (nSPS) is 12.6. The summed E-state index contributed by atoms with van der Waals surface area (Å²) in [7, 11) is 0. The van der Waals surface area contributed by atoms with Gasteiger partial charge in [-0.1, -0.05) is 0 Å². The van der Waals surface area contributed by atoms with E-state index in [-0.39, 0.29) is 12.6 Å². The van der Waals surface area contributed by atoms with Gasteiger partial charge in [0.15, 0.2) is 0 Å². The van der Waals surface area contributed by atoms with Crippen LogP contribution in [-0.2, 0) is 0 Å². The van der Waals surface area contributed by atoms with Crippen molar-refractivity contribution >= 4 is 0 Å². The Kier molecular flexibility index (Phi) is 4.19. The molecule has 0 amide bonds. The van der Waals surface area contributed by atoms with E-state index in [1.165, 1.54) is 0 Å². The summed E-state index contributed by atoms with van der Waals surface area (Å²) >= 11 is 0. The molecule has 0 aliphatic carbocycles. The van der Waals surface area contributed by atoms with Gasteiger partial charge in [-0.05, 0) is 6.92 Å². The van der Waals surface area contributed by atoms with Crippen LogP contribution in [-0.4, -0.2) is 19.3 Å². The van der Waals surface area contributed by atoms with Crippen LogP contribution in [0.2, 0.25) is 0 Å². The third-order valence-electron chi connectivity index (χ3n) is 0.739. The third-order valence-corrected chi connectivity index (χ3v) is 0.739. The molecule has 1 atom stereocenters. The average Bonchev–Trinajstić information content (AvgIpc) is 1.83. The Hall–Kier alpha value is -0.620. The fraction of sp³-hybridized carbons (Fsp3) is 0.800. The fourth-order valence-corrected chi connectivity index (χ4v) is 0.317. The smallest absolute Gasteiger partial charge is 0.102 e. The number of alkyl halides is 1. The summed E-state index contributed by atoms with van der Waals surface area (Å²) in [4.78, 5) is 0. The van der Waals surface area contributed by atoms with Crippen LogP contribution in [0.15, 0.2) is 0 Å². The van der Waals surface area contributed by atoms with Crippen LogP contribution in [0.4, 0.5) is 4.39 Å². The first kappa shape index (κ1) is 7.38. The molecule has 0 spiro atoms. The Morgan fingerprint density at radius 3 is 2.88 bits per heavy atom. The largest absolute Gasteiger partial charge is 0.300 e. The molecule has 2 nitrogen and oxygen atoms in total. The van der Waals surface area contributed by atoms with Crippen molar-refractivity contribution < 1.29 is 4.39 Å². The molecule has 0 saturated carbocycles. The van der Waals surface area contributed by atoms with Crippen molar-refractivity contribution in [2.24, 2.45) is 0 Å². The van der Waals surface area contributed by atoms with Crippen molar-refractivity contribution in [3.8, 4) is 6.07 Å². The van der Waals surface area contributed by atoms with Crippen LogP contribution >= 0.6 is 0 Å². The summed E-state index contributed by atoms with van der Waals surface area (Å²) in [6.45, 7) is 1.55. The molecule has 0 aromatic heterocycles. The van der Waals surface area contributed by atoms with Gasteiger partial charge in [0.2, 0.25) is 0 Å². The monoisotopic (exact) mass is 116 g/mol. The minimum atomic E-state index is -0.411. The minimum Gasteiger partial charge on any atom is -0.300 e. The SMILES string of the molecule is CC(C#N)NCCF. The molecule has 1 unspecified atom stereocenters. The summed E-state index contributed by atoms with van der Waals surface area (Å²) in [5.41, 5.74) is 0. The molecule has 0 saturated heterocycles. The van der Waals surface area contributed by atoms with E-state index in [9.17, 15) is 4.39 Å². The lowest BCUT2D eigenvalue weighted by Gasteiger charge is -1.99. The summed E-state index contributed by atoms with van der Waals surface area (Å²) < 4.78 is 11.3. The molecule has 0 fully saturated rings. The van der Waals surface area contributed by atoms with E-state index in [2.05, 4.69) is 5.32 Å². The maximum absolute atomic E-state index is 11.3. The topological polar surface area (TPSA) is 35.8 Å². The Labute approximate surface area is 48.3 Å². The molecular formula is C5H9FN2. The van der Waals surface area contributed by atoms with Crippen molar-refractivity contribution in [2.45, 2.75) is 13.0 Å². The predicted molar refractivity (Wildman–Crippen MR) is 29.1 cm³/mol. The van der Waals surface area contributed by atoms with Crippen molar-refractivity contribution in [1.29, 1.82) is 5.26 Å². The molecular weight excluding hydrogens is 107 g/mol. The van der Waals surface area contributed by atoms with E-state index in [1.54, 1.807) is 6.92 Å². The molecule has 46 valence electrons. The Balaban J connectivity index is 3.02. The van der Waals surface area contributed by atoms with Gasteiger partial charge >= 0.3 is 0 Å². The Morgan fingerprint density at radius 1 is 1.88 bits per heavy atom. The molecule has 1 N–H and O–H groups in total. The first-order chi connectivity index (χ1) is 3.81. The second kappa shape index (κ2) is 4.54. The second-order valence-corrected chi connectivity index (χ2v) is 1.49. The first-order valence-electron chi connectivity index (χ1n) is 2.50. The molecule has 0 heterocycles. The zero-order chi connectivity index (χ0) is 6.41. The van der Waals surface area contributed by atoms with E-state index in [1.807, 2.05) is 6.07 Å². The van der Waals surface area contributed by atoms with Crippen LogP contribution in [0.25, 0.3) is 0 Å². The van der Waals surface area contributed by atoms with Crippen molar-refractivity contribution in [3.05, 3.63) is 0 Å². The number of nitrogens with one attached hydrogen (secondary N) is 1. The Bertz CT molecular complexity index is 86.9.